The molecule has 5 N–H and O–H groups in total. The molecule has 0 saturated carbocycles. The van der Waals surface area contributed by atoms with Crippen molar-refractivity contribution in [3.05, 3.63) is 35.7 Å². The molecule has 10 atom stereocenters. The lowest BCUT2D eigenvalue weighted by Gasteiger charge is -2.45. The van der Waals surface area contributed by atoms with Crippen LogP contribution in [0.1, 0.15) is 39.1 Å². The van der Waals surface area contributed by atoms with Gasteiger partial charge in [0.1, 0.15) is 30.5 Å². The highest BCUT2D eigenvalue weighted by molar-refractivity contribution is 5.81. The van der Waals surface area contributed by atoms with Gasteiger partial charge in [0.25, 0.3) is 0 Å². The predicted octanol–water partition coefficient (Wildman–Crippen LogP) is -0.195. The summed E-state index contributed by atoms with van der Waals surface area (Å²) in [5.74, 6) is -4.57. The monoisotopic (exact) mass is 605 g/mol. The second-order valence-electron chi connectivity index (χ2n) is 11.4. The van der Waals surface area contributed by atoms with Crippen LogP contribution < -0.4 is 5.32 Å². The number of aryl methyl sites for hydroxylation is 1. The van der Waals surface area contributed by atoms with Gasteiger partial charge in [0.15, 0.2) is 17.9 Å². The number of carboxylic acids is 1. The molecule has 15 nitrogen and oxygen atoms in total. The maximum absolute atomic E-state index is 13.4. The number of aliphatic hydroxyl groups excluding tert-OH is 3. The van der Waals surface area contributed by atoms with Gasteiger partial charge >= 0.3 is 5.97 Å². The number of carboxylic acid groups (broad SMARTS) is 1. The average Bonchev–Trinajstić information content (AvgIpc) is 3.68. The lowest BCUT2D eigenvalue weighted by molar-refractivity contribution is -0.307. The maximum atomic E-state index is 13.4. The number of amides is 1. The Balaban J connectivity index is 1.48. The van der Waals surface area contributed by atoms with Crippen LogP contribution in [0.3, 0.4) is 0 Å². The molecule has 4 rings (SSSR count). The number of hydrogen-bond donors (Lipinski definition) is 5. The number of epoxide rings is 1. The van der Waals surface area contributed by atoms with Crippen molar-refractivity contribution in [3.8, 4) is 11.4 Å². The molecule has 2 aliphatic rings. The third-order valence-electron chi connectivity index (χ3n) is 7.99. The summed E-state index contributed by atoms with van der Waals surface area (Å²) >= 11 is 0. The summed E-state index contributed by atoms with van der Waals surface area (Å²) in [4.78, 5) is 25.3. The second kappa shape index (κ2) is 13.2. The zero-order valence-electron chi connectivity index (χ0n) is 24.8. The molecular weight excluding hydrogens is 566 g/mol. The van der Waals surface area contributed by atoms with Crippen LogP contribution in [0.15, 0.2) is 24.3 Å². The number of aromatic nitrogens is 4. The van der Waals surface area contributed by atoms with Crippen LogP contribution in [-0.2, 0) is 35.1 Å². The molecule has 15 heteroatoms. The lowest BCUT2D eigenvalue weighted by Crippen LogP contribution is -2.62. The quantitative estimate of drug-likeness (QED) is 0.198. The SMILES string of the molecule is COC1(C)OC1C(O)C(OC1OC(C(=O)NCc2ccc(-c3nnc(C)nn3)cc2)C(C(C)C)C(O)C1O)C(C)C(=O)O. The average molecular weight is 606 g/mol. The molecule has 2 aliphatic heterocycles. The minimum atomic E-state index is -1.64. The van der Waals surface area contributed by atoms with Crippen molar-refractivity contribution in [2.24, 2.45) is 17.8 Å². The number of benzene rings is 1. The van der Waals surface area contributed by atoms with Gasteiger partial charge in [-0.2, -0.15) is 0 Å². The van der Waals surface area contributed by atoms with Gasteiger partial charge < -0.3 is 44.7 Å². The number of nitrogens with zero attached hydrogens (tertiary/aromatic N) is 4. The van der Waals surface area contributed by atoms with Crippen LogP contribution >= 0.6 is 0 Å². The predicted molar refractivity (Wildman–Crippen MR) is 147 cm³/mol. The molecule has 0 aliphatic carbocycles. The molecule has 236 valence electrons. The van der Waals surface area contributed by atoms with Gasteiger partial charge in [0, 0.05) is 25.1 Å². The smallest absolute Gasteiger partial charge is 0.308 e. The number of nitrogens with one attached hydrogen (secondary N) is 1. The molecular formula is C28H39N5O10. The van der Waals surface area contributed by atoms with E-state index in [0.717, 1.165) is 5.56 Å². The van der Waals surface area contributed by atoms with E-state index in [2.05, 4.69) is 25.7 Å². The van der Waals surface area contributed by atoms with Crippen LogP contribution in [0, 0.1) is 24.7 Å². The summed E-state index contributed by atoms with van der Waals surface area (Å²) in [6.45, 7) is 8.24. The molecule has 1 amide bonds. The molecule has 2 fully saturated rings. The lowest BCUT2D eigenvalue weighted by atomic mass is 9.80. The Morgan fingerprint density at radius 1 is 1.07 bits per heavy atom. The molecule has 43 heavy (non-hydrogen) atoms. The van der Waals surface area contributed by atoms with E-state index in [1.165, 1.54) is 14.0 Å². The van der Waals surface area contributed by atoms with Crippen LogP contribution in [0.5, 0.6) is 0 Å². The standard InChI is InChI=1S/C28H39N5O10/c1-12(2)17-18(34)19(35)27(41-21(13(3)26(38)39)20(36)23-28(5,40-6)43-23)42-22(17)25(37)29-11-15-7-9-16(10-8-15)24-32-30-14(4)31-33-24/h7-10,12-13,17-23,27,34-36H,11H2,1-6H3,(H,29,37)(H,38,39). The number of carbonyl (C=O) groups excluding carboxylic acids is 1. The molecule has 1 aromatic heterocycles. The summed E-state index contributed by atoms with van der Waals surface area (Å²) in [6, 6.07) is 7.08. The maximum Gasteiger partial charge on any atom is 0.308 e. The first-order valence-corrected chi connectivity index (χ1v) is 14.0. The van der Waals surface area contributed by atoms with Gasteiger partial charge in [-0.1, -0.05) is 38.1 Å². The number of ether oxygens (including phenoxy) is 4. The normalized spacial score (nSPS) is 30.8. The van der Waals surface area contributed by atoms with Crippen molar-refractivity contribution in [2.45, 2.75) is 89.9 Å². The Morgan fingerprint density at radius 3 is 2.23 bits per heavy atom. The van der Waals surface area contributed by atoms with E-state index in [4.69, 9.17) is 18.9 Å². The van der Waals surface area contributed by atoms with Crippen molar-refractivity contribution in [1.29, 1.82) is 0 Å². The van der Waals surface area contributed by atoms with Gasteiger partial charge in [-0.15, -0.1) is 20.4 Å². The van der Waals surface area contributed by atoms with Gasteiger partial charge in [-0.05, 0) is 32.3 Å². The van der Waals surface area contributed by atoms with Crippen LogP contribution in [-0.4, -0.2) is 109 Å². The number of aliphatic carboxylic acids is 1. The molecule has 2 saturated heterocycles. The van der Waals surface area contributed by atoms with Crippen molar-refractivity contribution in [1.82, 2.24) is 25.7 Å². The topological polar surface area (TPSA) is 219 Å². The Morgan fingerprint density at radius 2 is 1.70 bits per heavy atom. The summed E-state index contributed by atoms with van der Waals surface area (Å²) in [5.41, 5.74) is 1.44. The summed E-state index contributed by atoms with van der Waals surface area (Å²) in [6.07, 6.45) is -9.82. The largest absolute Gasteiger partial charge is 0.481 e. The van der Waals surface area contributed by atoms with E-state index in [1.807, 2.05) is 0 Å². The van der Waals surface area contributed by atoms with E-state index >= 15 is 0 Å². The van der Waals surface area contributed by atoms with E-state index in [-0.39, 0.29) is 12.5 Å². The Labute approximate surface area is 248 Å². The molecule has 3 heterocycles. The highest BCUT2D eigenvalue weighted by atomic mass is 16.8. The van der Waals surface area contributed by atoms with Crippen LogP contribution in [0.25, 0.3) is 11.4 Å². The fraction of sp³-hybridized carbons (Fsp3) is 0.643. The third-order valence-corrected chi connectivity index (χ3v) is 7.99. The number of aliphatic hydroxyl groups is 3. The fourth-order valence-electron chi connectivity index (χ4n) is 5.16. The zero-order chi connectivity index (χ0) is 31.6. The molecule has 1 aromatic carbocycles. The van der Waals surface area contributed by atoms with Gasteiger partial charge in [-0.25, -0.2) is 0 Å². The molecule has 0 spiro atoms. The van der Waals surface area contributed by atoms with Gasteiger partial charge in [-0.3, -0.25) is 9.59 Å². The number of rotatable bonds is 12. The first-order chi connectivity index (χ1) is 20.3. The first kappa shape index (κ1) is 32.7. The van der Waals surface area contributed by atoms with E-state index in [1.54, 1.807) is 52.0 Å². The van der Waals surface area contributed by atoms with Crippen LogP contribution in [0.2, 0.25) is 0 Å². The Kier molecular flexibility index (Phi) is 10.1. The molecule has 2 aromatic rings. The van der Waals surface area contributed by atoms with Crippen LogP contribution in [0.4, 0.5) is 0 Å². The molecule has 0 bridgehead atoms. The Hall–Kier alpha value is -3.18. The highest BCUT2D eigenvalue weighted by Crippen LogP contribution is 2.42. The molecule has 0 radical (unpaired) electrons. The van der Waals surface area contributed by atoms with Crippen molar-refractivity contribution in [3.63, 3.8) is 0 Å². The summed E-state index contributed by atoms with van der Waals surface area (Å²) < 4.78 is 22.4. The van der Waals surface area contributed by atoms with Crippen molar-refractivity contribution in [2.75, 3.05) is 7.11 Å². The molecule has 10 unspecified atom stereocenters. The van der Waals surface area contributed by atoms with Gasteiger partial charge in [0.2, 0.25) is 11.7 Å². The number of carbonyl (C=O) groups is 2. The number of methoxy groups -OCH3 is 1. The fourth-order valence-corrected chi connectivity index (χ4v) is 5.16. The number of hydrogen-bond acceptors (Lipinski definition) is 13. The first-order valence-electron chi connectivity index (χ1n) is 14.0. The van der Waals surface area contributed by atoms with Crippen molar-refractivity contribution < 1.29 is 49.0 Å². The summed E-state index contributed by atoms with van der Waals surface area (Å²) in [7, 11) is 1.38. The Bertz CT molecular complexity index is 1270. The third kappa shape index (κ3) is 7.15. The van der Waals surface area contributed by atoms with E-state index in [9.17, 15) is 30.0 Å². The zero-order valence-corrected chi connectivity index (χ0v) is 24.8. The van der Waals surface area contributed by atoms with E-state index in [0.29, 0.717) is 17.2 Å². The second-order valence-corrected chi connectivity index (χ2v) is 11.4. The minimum absolute atomic E-state index is 0.116. The highest BCUT2D eigenvalue weighted by Gasteiger charge is 2.61. The van der Waals surface area contributed by atoms with E-state index < -0.39 is 72.4 Å². The summed E-state index contributed by atoms with van der Waals surface area (Å²) in [5, 5.41) is 61.2. The van der Waals surface area contributed by atoms with Gasteiger partial charge in [0.05, 0.1) is 12.0 Å². The van der Waals surface area contributed by atoms with Crippen molar-refractivity contribution >= 4 is 11.9 Å². The minimum Gasteiger partial charge on any atom is -0.481 e.